The van der Waals surface area contributed by atoms with E-state index in [1.807, 2.05) is 10.7 Å². The molecule has 31 heavy (non-hydrogen) atoms. The van der Waals surface area contributed by atoms with Gasteiger partial charge in [-0.1, -0.05) is 32.0 Å². The van der Waals surface area contributed by atoms with Crippen LogP contribution in [-0.2, 0) is 32.4 Å². The molecule has 1 aliphatic heterocycles. The topological polar surface area (TPSA) is 65.9 Å². The van der Waals surface area contributed by atoms with Gasteiger partial charge < -0.3 is 15.4 Å². The molecule has 3 heterocycles. The van der Waals surface area contributed by atoms with Crippen LogP contribution in [0.2, 0.25) is 0 Å². The molecule has 2 aromatic heterocycles. The maximum atomic E-state index is 15.7. The van der Waals surface area contributed by atoms with Gasteiger partial charge in [-0.15, -0.1) is 0 Å². The molecule has 0 atom stereocenters. The molecule has 0 fully saturated rings. The molecule has 160 valence electrons. The van der Waals surface area contributed by atoms with Crippen LogP contribution in [-0.4, -0.2) is 26.4 Å². The Kier molecular flexibility index (Phi) is 5.12. The molecular weight excluding hydrogens is 391 g/mol. The Hall–Kier alpha value is -2.96. The van der Waals surface area contributed by atoms with E-state index in [0.717, 1.165) is 59.3 Å². The quantitative estimate of drug-likeness (QED) is 0.449. The summed E-state index contributed by atoms with van der Waals surface area (Å²) in [5, 5.41) is 19.0. The molecule has 0 saturated heterocycles. The number of aromatic nitrogens is 3. The van der Waals surface area contributed by atoms with Crippen LogP contribution in [0.4, 0.5) is 4.39 Å². The monoisotopic (exact) mass is 418 g/mol. The average molecular weight is 419 g/mol. The Morgan fingerprint density at radius 1 is 1.13 bits per heavy atom. The number of aryl methyl sites for hydroxylation is 2. The number of aliphatic hydroxyl groups excluding tert-OH is 1. The van der Waals surface area contributed by atoms with Gasteiger partial charge in [-0.05, 0) is 36.1 Å². The number of rotatable bonds is 5. The standard InChI is InChI=1S/C25H27FN4O/c1-3-15-6-5-7-16(4-2)24(15)30-25(19-13-27-10-9-21(19)29-30)22-18-8-11-28-23(18)17(14-31)12-20(22)26/h5-8,11-12,27-28,31H,3-4,9-10,13-14H2,1-2H3. The van der Waals surface area contributed by atoms with Crippen molar-refractivity contribution in [3.63, 3.8) is 0 Å². The first-order valence-electron chi connectivity index (χ1n) is 11.0. The molecule has 2 aromatic carbocycles. The van der Waals surface area contributed by atoms with Gasteiger partial charge in [0.15, 0.2) is 0 Å². The molecule has 0 saturated carbocycles. The molecule has 1 aliphatic rings. The van der Waals surface area contributed by atoms with Gasteiger partial charge in [0.2, 0.25) is 0 Å². The average Bonchev–Trinajstić information content (AvgIpc) is 3.43. The Morgan fingerprint density at radius 2 is 1.90 bits per heavy atom. The minimum absolute atomic E-state index is 0.216. The van der Waals surface area contributed by atoms with E-state index in [0.29, 0.717) is 17.7 Å². The maximum absolute atomic E-state index is 15.7. The molecule has 5 rings (SSSR count). The third kappa shape index (κ3) is 3.09. The van der Waals surface area contributed by atoms with E-state index in [1.165, 1.54) is 17.2 Å². The number of hydrogen-bond acceptors (Lipinski definition) is 3. The van der Waals surface area contributed by atoms with Gasteiger partial charge in [-0.3, -0.25) is 0 Å². The minimum Gasteiger partial charge on any atom is -0.392 e. The van der Waals surface area contributed by atoms with Gasteiger partial charge in [0, 0.05) is 47.8 Å². The van der Waals surface area contributed by atoms with Crippen LogP contribution in [0, 0.1) is 5.82 Å². The second-order valence-electron chi connectivity index (χ2n) is 8.06. The van der Waals surface area contributed by atoms with Crippen molar-refractivity contribution in [2.24, 2.45) is 0 Å². The van der Waals surface area contributed by atoms with Crippen molar-refractivity contribution < 1.29 is 9.50 Å². The van der Waals surface area contributed by atoms with Gasteiger partial charge in [-0.2, -0.15) is 5.10 Å². The van der Waals surface area contributed by atoms with Crippen molar-refractivity contribution in [2.75, 3.05) is 6.54 Å². The van der Waals surface area contributed by atoms with Crippen molar-refractivity contribution in [1.29, 1.82) is 0 Å². The first-order chi connectivity index (χ1) is 15.2. The first kappa shape index (κ1) is 20.0. The summed E-state index contributed by atoms with van der Waals surface area (Å²) in [5.41, 5.74) is 8.21. The number of para-hydroxylation sites is 1. The van der Waals surface area contributed by atoms with Crippen molar-refractivity contribution >= 4 is 10.9 Å². The highest BCUT2D eigenvalue weighted by atomic mass is 19.1. The molecule has 6 heteroatoms. The van der Waals surface area contributed by atoms with Crippen LogP contribution in [0.25, 0.3) is 27.8 Å². The first-order valence-corrected chi connectivity index (χ1v) is 11.0. The molecule has 0 amide bonds. The van der Waals surface area contributed by atoms with Crippen LogP contribution in [0.5, 0.6) is 0 Å². The number of nitrogens with zero attached hydrogens (tertiary/aromatic N) is 2. The lowest BCUT2D eigenvalue weighted by molar-refractivity contribution is 0.282. The van der Waals surface area contributed by atoms with Crippen LogP contribution in [0.15, 0.2) is 36.5 Å². The summed E-state index contributed by atoms with van der Waals surface area (Å²) in [5.74, 6) is -0.335. The summed E-state index contributed by atoms with van der Waals surface area (Å²) in [6, 6.07) is 9.69. The third-order valence-corrected chi connectivity index (χ3v) is 6.37. The number of fused-ring (bicyclic) bond motifs is 2. The number of aliphatic hydroxyl groups is 1. The summed E-state index contributed by atoms with van der Waals surface area (Å²) >= 11 is 0. The molecular formula is C25H27FN4O. The lowest BCUT2D eigenvalue weighted by atomic mass is 9.96. The zero-order valence-electron chi connectivity index (χ0n) is 17.9. The van der Waals surface area contributed by atoms with Crippen LogP contribution < -0.4 is 5.32 Å². The Labute approximate surface area is 180 Å². The lowest BCUT2D eigenvalue weighted by Crippen LogP contribution is -2.23. The highest BCUT2D eigenvalue weighted by Gasteiger charge is 2.28. The summed E-state index contributed by atoms with van der Waals surface area (Å²) < 4.78 is 17.6. The van der Waals surface area contributed by atoms with Crippen LogP contribution in [0.1, 0.15) is 41.8 Å². The zero-order valence-corrected chi connectivity index (χ0v) is 17.9. The fraction of sp³-hybridized carbons (Fsp3) is 0.320. The smallest absolute Gasteiger partial charge is 0.133 e. The molecule has 5 nitrogen and oxygen atoms in total. The normalized spacial score (nSPS) is 13.7. The number of halogens is 1. The van der Waals surface area contributed by atoms with Crippen molar-refractivity contribution in [3.05, 3.63) is 70.3 Å². The Morgan fingerprint density at radius 3 is 2.61 bits per heavy atom. The highest BCUT2D eigenvalue weighted by molar-refractivity contribution is 5.97. The summed E-state index contributed by atoms with van der Waals surface area (Å²) in [7, 11) is 0. The van der Waals surface area contributed by atoms with Crippen LogP contribution >= 0.6 is 0 Å². The van der Waals surface area contributed by atoms with E-state index >= 15 is 4.39 Å². The molecule has 3 N–H and O–H groups in total. The van der Waals surface area contributed by atoms with E-state index in [2.05, 4.69) is 42.3 Å². The largest absolute Gasteiger partial charge is 0.392 e. The zero-order chi connectivity index (χ0) is 21.5. The second-order valence-corrected chi connectivity index (χ2v) is 8.06. The number of aromatic amines is 1. The van der Waals surface area contributed by atoms with Crippen molar-refractivity contribution in [1.82, 2.24) is 20.1 Å². The SMILES string of the molecule is CCc1cccc(CC)c1-n1nc2c(c1-c1c(F)cc(CO)c3[nH]ccc13)CNCC2. The Bertz CT molecular complexity index is 1250. The lowest BCUT2D eigenvalue weighted by Gasteiger charge is -2.19. The number of hydrogen-bond donors (Lipinski definition) is 3. The number of nitrogens with one attached hydrogen (secondary N) is 2. The van der Waals surface area contributed by atoms with E-state index in [1.54, 1.807) is 6.20 Å². The van der Waals surface area contributed by atoms with E-state index in [4.69, 9.17) is 5.10 Å². The van der Waals surface area contributed by atoms with E-state index in [-0.39, 0.29) is 12.4 Å². The van der Waals surface area contributed by atoms with Gasteiger partial charge in [-0.25, -0.2) is 9.07 Å². The minimum atomic E-state index is -0.335. The van der Waals surface area contributed by atoms with Crippen LogP contribution in [0.3, 0.4) is 0 Å². The predicted molar refractivity (Wildman–Crippen MR) is 121 cm³/mol. The summed E-state index contributed by atoms with van der Waals surface area (Å²) in [6.45, 7) is 5.60. The molecule has 0 bridgehead atoms. The van der Waals surface area contributed by atoms with Crippen molar-refractivity contribution in [3.8, 4) is 16.9 Å². The number of H-pyrrole nitrogens is 1. The number of benzene rings is 2. The van der Waals surface area contributed by atoms with Crippen molar-refractivity contribution in [2.45, 2.75) is 46.3 Å². The van der Waals surface area contributed by atoms with Gasteiger partial charge in [0.25, 0.3) is 0 Å². The summed E-state index contributed by atoms with van der Waals surface area (Å²) in [4.78, 5) is 3.18. The fourth-order valence-corrected chi connectivity index (χ4v) is 4.84. The van der Waals surface area contributed by atoms with E-state index < -0.39 is 0 Å². The van der Waals surface area contributed by atoms with Gasteiger partial charge in [0.05, 0.1) is 29.2 Å². The van der Waals surface area contributed by atoms with Gasteiger partial charge in [0.1, 0.15) is 5.82 Å². The molecule has 4 aromatic rings. The maximum Gasteiger partial charge on any atom is 0.133 e. The fourth-order valence-electron chi connectivity index (χ4n) is 4.84. The molecule has 0 aliphatic carbocycles. The van der Waals surface area contributed by atoms with E-state index in [9.17, 15) is 5.11 Å². The third-order valence-electron chi connectivity index (χ3n) is 6.37. The molecule has 0 spiro atoms. The molecule has 0 unspecified atom stereocenters. The predicted octanol–water partition coefficient (Wildman–Crippen LogP) is 4.42. The second kappa shape index (κ2) is 7.94. The van der Waals surface area contributed by atoms with Gasteiger partial charge >= 0.3 is 0 Å². The Balaban J connectivity index is 1.89. The molecule has 0 radical (unpaired) electrons. The summed E-state index contributed by atoms with van der Waals surface area (Å²) in [6.07, 6.45) is 4.36. The highest BCUT2D eigenvalue weighted by Crippen LogP contribution is 2.39.